The largest absolute Gasteiger partial charge is 0.326 e. The highest BCUT2D eigenvalue weighted by Crippen LogP contribution is 2.24. The number of aromatic nitrogens is 2. The second-order valence-corrected chi connectivity index (χ2v) is 7.21. The molecule has 0 saturated carbocycles. The zero-order valence-electron chi connectivity index (χ0n) is 16.3. The van der Waals surface area contributed by atoms with Crippen molar-refractivity contribution in [3.05, 3.63) is 46.2 Å². The molecule has 2 N–H and O–H groups in total. The third-order valence-corrected chi connectivity index (χ3v) is 4.35. The van der Waals surface area contributed by atoms with Crippen molar-refractivity contribution in [2.75, 3.05) is 10.6 Å². The predicted octanol–water partition coefficient (Wildman–Crippen LogP) is 4.42. The van der Waals surface area contributed by atoms with Gasteiger partial charge in [-0.2, -0.15) is 5.10 Å². The fourth-order valence-corrected chi connectivity index (χ4v) is 2.96. The molecule has 0 fully saturated rings. The van der Waals surface area contributed by atoms with E-state index < -0.39 is 0 Å². The summed E-state index contributed by atoms with van der Waals surface area (Å²) >= 11 is 6.39. The standard InChI is InChI=1S/C20H25ClN4O2/c1-12(2)11-25-20(21)16(14(4)24-25)9-10-19(27)23-18-8-6-7-17(13(18)3)22-15(5)26/h6-10,12H,11H2,1-5H3,(H,22,26)(H,23,27)/b10-9+. The van der Waals surface area contributed by atoms with Gasteiger partial charge in [0.05, 0.1) is 5.69 Å². The van der Waals surface area contributed by atoms with E-state index in [0.717, 1.165) is 23.4 Å². The van der Waals surface area contributed by atoms with Gasteiger partial charge in [-0.3, -0.25) is 14.3 Å². The maximum absolute atomic E-state index is 12.3. The van der Waals surface area contributed by atoms with Crippen molar-refractivity contribution in [2.24, 2.45) is 5.92 Å². The molecule has 7 heteroatoms. The lowest BCUT2D eigenvalue weighted by Crippen LogP contribution is -2.12. The molecular formula is C20H25ClN4O2. The number of benzene rings is 1. The second-order valence-electron chi connectivity index (χ2n) is 6.85. The Labute approximate surface area is 164 Å². The minimum atomic E-state index is -0.287. The van der Waals surface area contributed by atoms with Crippen LogP contribution in [0.2, 0.25) is 5.15 Å². The van der Waals surface area contributed by atoms with Crippen molar-refractivity contribution in [1.29, 1.82) is 0 Å². The summed E-state index contributed by atoms with van der Waals surface area (Å²) in [5.74, 6) is -0.0315. The van der Waals surface area contributed by atoms with Crippen LogP contribution in [0, 0.1) is 19.8 Å². The minimum Gasteiger partial charge on any atom is -0.326 e. The number of nitrogens with zero attached hydrogens (tertiary/aromatic N) is 2. The van der Waals surface area contributed by atoms with Crippen molar-refractivity contribution in [1.82, 2.24) is 9.78 Å². The fraction of sp³-hybridized carbons (Fsp3) is 0.350. The topological polar surface area (TPSA) is 76.0 Å². The Morgan fingerprint density at radius 1 is 1.22 bits per heavy atom. The van der Waals surface area contributed by atoms with Crippen molar-refractivity contribution in [3.63, 3.8) is 0 Å². The molecule has 0 atom stereocenters. The van der Waals surface area contributed by atoms with Crippen LogP contribution in [0.5, 0.6) is 0 Å². The van der Waals surface area contributed by atoms with Gasteiger partial charge in [-0.15, -0.1) is 0 Å². The van der Waals surface area contributed by atoms with Crippen LogP contribution in [0.3, 0.4) is 0 Å². The number of hydrogen-bond donors (Lipinski definition) is 2. The average molecular weight is 389 g/mol. The summed E-state index contributed by atoms with van der Waals surface area (Å²) in [4.78, 5) is 23.6. The summed E-state index contributed by atoms with van der Waals surface area (Å²) in [6, 6.07) is 5.34. The number of carbonyl (C=O) groups is 2. The van der Waals surface area contributed by atoms with Crippen LogP contribution in [-0.2, 0) is 16.1 Å². The Bertz CT molecular complexity index is 884. The van der Waals surface area contributed by atoms with Crippen LogP contribution in [0.25, 0.3) is 6.08 Å². The van der Waals surface area contributed by atoms with Gasteiger partial charge in [-0.25, -0.2) is 0 Å². The lowest BCUT2D eigenvalue weighted by atomic mass is 10.1. The molecule has 2 aromatic rings. The Morgan fingerprint density at radius 3 is 2.44 bits per heavy atom. The van der Waals surface area contributed by atoms with E-state index >= 15 is 0 Å². The maximum Gasteiger partial charge on any atom is 0.248 e. The lowest BCUT2D eigenvalue weighted by Gasteiger charge is -2.11. The van der Waals surface area contributed by atoms with E-state index in [-0.39, 0.29) is 11.8 Å². The average Bonchev–Trinajstić information content (AvgIpc) is 2.82. The quantitative estimate of drug-likeness (QED) is 0.719. The van der Waals surface area contributed by atoms with Gasteiger partial charge in [0.2, 0.25) is 11.8 Å². The zero-order chi connectivity index (χ0) is 20.1. The molecule has 0 aliphatic heterocycles. The second kappa shape index (κ2) is 8.86. The molecule has 0 saturated heterocycles. The summed E-state index contributed by atoms with van der Waals surface area (Å²) in [5.41, 5.74) is 3.59. The number of nitrogens with one attached hydrogen (secondary N) is 2. The fourth-order valence-electron chi connectivity index (χ4n) is 2.65. The highest BCUT2D eigenvalue weighted by molar-refractivity contribution is 6.31. The Morgan fingerprint density at radius 2 is 1.85 bits per heavy atom. The number of hydrogen-bond acceptors (Lipinski definition) is 3. The van der Waals surface area contributed by atoms with E-state index in [0.29, 0.717) is 22.4 Å². The van der Waals surface area contributed by atoms with E-state index in [4.69, 9.17) is 11.6 Å². The molecule has 0 spiro atoms. The van der Waals surface area contributed by atoms with Crippen LogP contribution in [0.15, 0.2) is 24.3 Å². The van der Waals surface area contributed by atoms with Gasteiger partial charge in [0, 0.05) is 36.5 Å². The Hall–Kier alpha value is -2.60. The third kappa shape index (κ3) is 5.44. The van der Waals surface area contributed by atoms with Crippen LogP contribution >= 0.6 is 11.6 Å². The predicted molar refractivity (Wildman–Crippen MR) is 110 cm³/mol. The molecule has 2 amide bonds. The van der Waals surface area contributed by atoms with Crippen LogP contribution < -0.4 is 10.6 Å². The van der Waals surface area contributed by atoms with Crippen LogP contribution in [0.1, 0.15) is 37.6 Å². The summed E-state index contributed by atoms with van der Waals surface area (Å²) in [6.45, 7) is 10.0. The molecule has 0 aliphatic carbocycles. The number of aryl methyl sites for hydroxylation is 1. The first-order chi connectivity index (χ1) is 12.7. The number of carbonyl (C=O) groups excluding carboxylic acids is 2. The molecule has 2 rings (SSSR count). The molecule has 0 radical (unpaired) electrons. The normalized spacial score (nSPS) is 11.2. The van der Waals surface area contributed by atoms with Gasteiger partial charge in [-0.1, -0.05) is 31.5 Å². The van der Waals surface area contributed by atoms with Crippen molar-refractivity contribution < 1.29 is 9.59 Å². The smallest absolute Gasteiger partial charge is 0.248 e. The van der Waals surface area contributed by atoms with E-state index in [1.54, 1.807) is 29.0 Å². The van der Waals surface area contributed by atoms with Gasteiger partial charge in [0.1, 0.15) is 5.15 Å². The van der Waals surface area contributed by atoms with Gasteiger partial charge in [0.25, 0.3) is 0 Å². The zero-order valence-corrected chi connectivity index (χ0v) is 17.0. The first kappa shape index (κ1) is 20.7. The van der Waals surface area contributed by atoms with Gasteiger partial charge >= 0.3 is 0 Å². The molecule has 144 valence electrons. The maximum atomic E-state index is 12.3. The Balaban J connectivity index is 2.15. The summed E-state index contributed by atoms with van der Waals surface area (Å²) in [6.07, 6.45) is 3.10. The molecule has 27 heavy (non-hydrogen) atoms. The highest BCUT2D eigenvalue weighted by atomic mass is 35.5. The molecule has 0 bridgehead atoms. The monoisotopic (exact) mass is 388 g/mol. The molecule has 1 heterocycles. The summed E-state index contributed by atoms with van der Waals surface area (Å²) < 4.78 is 1.75. The van der Waals surface area contributed by atoms with Crippen molar-refractivity contribution >= 4 is 40.9 Å². The summed E-state index contributed by atoms with van der Waals surface area (Å²) in [7, 11) is 0. The van der Waals surface area contributed by atoms with Gasteiger partial charge in [0.15, 0.2) is 0 Å². The van der Waals surface area contributed by atoms with Crippen LogP contribution in [-0.4, -0.2) is 21.6 Å². The molecule has 1 aromatic carbocycles. The van der Waals surface area contributed by atoms with E-state index in [2.05, 4.69) is 29.6 Å². The van der Waals surface area contributed by atoms with Gasteiger partial charge < -0.3 is 10.6 Å². The van der Waals surface area contributed by atoms with E-state index in [1.807, 2.05) is 13.8 Å². The van der Waals surface area contributed by atoms with Crippen LogP contribution in [0.4, 0.5) is 11.4 Å². The molecule has 0 unspecified atom stereocenters. The molecular weight excluding hydrogens is 364 g/mol. The van der Waals surface area contributed by atoms with E-state index in [9.17, 15) is 9.59 Å². The number of rotatable bonds is 6. The minimum absolute atomic E-state index is 0.162. The molecule has 6 nitrogen and oxygen atoms in total. The first-order valence-corrected chi connectivity index (χ1v) is 9.16. The highest BCUT2D eigenvalue weighted by Gasteiger charge is 2.13. The van der Waals surface area contributed by atoms with Crippen molar-refractivity contribution in [3.8, 4) is 0 Å². The lowest BCUT2D eigenvalue weighted by molar-refractivity contribution is -0.114. The third-order valence-electron chi connectivity index (χ3n) is 3.95. The van der Waals surface area contributed by atoms with Gasteiger partial charge in [-0.05, 0) is 43.5 Å². The molecule has 1 aromatic heterocycles. The number of amides is 2. The Kier molecular flexibility index (Phi) is 6.80. The summed E-state index contributed by atoms with van der Waals surface area (Å²) in [5, 5.41) is 10.5. The molecule has 0 aliphatic rings. The van der Waals surface area contributed by atoms with E-state index in [1.165, 1.54) is 13.0 Å². The number of halogens is 1. The van der Waals surface area contributed by atoms with Crippen molar-refractivity contribution in [2.45, 2.75) is 41.2 Å². The SMILES string of the molecule is CC(=O)Nc1cccc(NC(=O)/C=C/c2c(C)nn(CC(C)C)c2Cl)c1C. The first-order valence-electron chi connectivity index (χ1n) is 8.78. The number of anilines is 2.